The lowest BCUT2D eigenvalue weighted by Gasteiger charge is -2.47. The zero-order valence-electron chi connectivity index (χ0n) is 14.6. The standard InChI is InChI=1S/C21H24N2O2/c1-25-19-8-9-21(18-7-3-2-6-17(18)19)10-13-23(14-11-21)20(24)16-5-4-12-22-15-16/h2-7,12,15,19H,8-11,13-14H2,1H3. The van der Waals surface area contributed by atoms with E-state index in [1.165, 1.54) is 11.1 Å². The smallest absolute Gasteiger partial charge is 0.255 e. The zero-order valence-corrected chi connectivity index (χ0v) is 14.6. The summed E-state index contributed by atoms with van der Waals surface area (Å²) in [5.41, 5.74) is 3.64. The normalized spacial score (nSPS) is 21.8. The molecule has 1 aromatic heterocycles. The maximum atomic E-state index is 12.7. The fourth-order valence-electron chi connectivity index (χ4n) is 4.53. The first-order chi connectivity index (χ1) is 12.2. The first-order valence-electron chi connectivity index (χ1n) is 9.05. The van der Waals surface area contributed by atoms with Crippen molar-refractivity contribution in [2.24, 2.45) is 0 Å². The summed E-state index contributed by atoms with van der Waals surface area (Å²) in [6.45, 7) is 1.61. The Morgan fingerprint density at radius 1 is 1.16 bits per heavy atom. The van der Waals surface area contributed by atoms with E-state index in [2.05, 4.69) is 29.2 Å². The van der Waals surface area contributed by atoms with Gasteiger partial charge in [-0.1, -0.05) is 24.3 Å². The third-order valence-corrected chi connectivity index (χ3v) is 5.96. The lowest BCUT2D eigenvalue weighted by Crippen LogP contribution is -2.47. The molecule has 1 aliphatic heterocycles. The predicted octanol–water partition coefficient (Wildman–Crippen LogP) is 3.74. The Labute approximate surface area is 148 Å². The molecule has 1 aromatic carbocycles. The van der Waals surface area contributed by atoms with Gasteiger partial charge in [0.25, 0.3) is 5.91 Å². The Bertz CT molecular complexity index is 752. The van der Waals surface area contributed by atoms with Gasteiger partial charge in [0.05, 0.1) is 11.7 Å². The van der Waals surface area contributed by atoms with Crippen LogP contribution in [-0.4, -0.2) is 36.0 Å². The van der Waals surface area contributed by atoms with Crippen LogP contribution in [0.4, 0.5) is 0 Å². The van der Waals surface area contributed by atoms with Gasteiger partial charge in [-0.25, -0.2) is 0 Å². The highest BCUT2D eigenvalue weighted by Gasteiger charge is 2.42. The lowest BCUT2D eigenvalue weighted by molar-refractivity contribution is 0.0501. The molecule has 1 atom stereocenters. The molecule has 1 aliphatic carbocycles. The minimum atomic E-state index is 0.0989. The molecule has 4 rings (SSSR count). The minimum absolute atomic E-state index is 0.0989. The summed E-state index contributed by atoms with van der Waals surface area (Å²) in [6, 6.07) is 12.4. The number of nitrogens with zero attached hydrogens (tertiary/aromatic N) is 2. The van der Waals surface area contributed by atoms with E-state index in [1.807, 2.05) is 17.0 Å². The molecule has 4 heteroatoms. The van der Waals surface area contributed by atoms with Crippen molar-refractivity contribution in [3.8, 4) is 0 Å². The van der Waals surface area contributed by atoms with E-state index in [1.54, 1.807) is 19.5 Å². The van der Waals surface area contributed by atoms with Crippen LogP contribution in [-0.2, 0) is 10.2 Å². The number of benzene rings is 1. The van der Waals surface area contributed by atoms with Crippen molar-refractivity contribution in [1.29, 1.82) is 0 Å². The zero-order chi connectivity index (χ0) is 17.3. The molecule has 1 unspecified atom stereocenters. The average Bonchev–Trinajstić information content (AvgIpc) is 2.69. The number of fused-ring (bicyclic) bond motifs is 2. The topological polar surface area (TPSA) is 42.4 Å². The van der Waals surface area contributed by atoms with E-state index >= 15 is 0 Å². The highest BCUT2D eigenvalue weighted by Crippen LogP contribution is 2.48. The van der Waals surface area contributed by atoms with E-state index < -0.39 is 0 Å². The summed E-state index contributed by atoms with van der Waals surface area (Å²) >= 11 is 0. The van der Waals surface area contributed by atoms with E-state index in [0.29, 0.717) is 5.56 Å². The number of carbonyl (C=O) groups excluding carboxylic acids is 1. The van der Waals surface area contributed by atoms with Gasteiger partial charge in [0.1, 0.15) is 0 Å². The van der Waals surface area contributed by atoms with Gasteiger partial charge >= 0.3 is 0 Å². The monoisotopic (exact) mass is 336 g/mol. The van der Waals surface area contributed by atoms with Gasteiger partial charge in [0.2, 0.25) is 0 Å². The molecule has 0 bridgehead atoms. The number of rotatable bonds is 2. The average molecular weight is 336 g/mol. The predicted molar refractivity (Wildman–Crippen MR) is 96.5 cm³/mol. The molecule has 2 aliphatic rings. The molecule has 2 aromatic rings. The van der Waals surface area contributed by atoms with Crippen LogP contribution in [0.3, 0.4) is 0 Å². The molecule has 2 heterocycles. The first-order valence-corrected chi connectivity index (χ1v) is 9.05. The molecule has 0 saturated carbocycles. The van der Waals surface area contributed by atoms with Gasteiger partial charge in [-0.05, 0) is 54.4 Å². The molecule has 0 N–H and O–H groups in total. The van der Waals surface area contributed by atoms with Crippen LogP contribution in [0.5, 0.6) is 0 Å². The highest BCUT2D eigenvalue weighted by atomic mass is 16.5. The van der Waals surface area contributed by atoms with Crippen LogP contribution < -0.4 is 0 Å². The molecule has 4 nitrogen and oxygen atoms in total. The number of ether oxygens (including phenoxy) is 1. The summed E-state index contributed by atoms with van der Waals surface area (Å²) in [4.78, 5) is 18.7. The molecule has 1 fully saturated rings. The number of methoxy groups -OCH3 is 1. The third-order valence-electron chi connectivity index (χ3n) is 5.96. The number of hydrogen-bond acceptors (Lipinski definition) is 3. The largest absolute Gasteiger partial charge is 0.377 e. The van der Waals surface area contributed by atoms with Crippen LogP contribution in [0.1, 0.15) is 53.3 Å². The fourth-order valence-corrected chi connectivity index (χ4v) is 4.53. The minimum Gasteiger partial charge on any atom is -0.377 e. The molecule has 1 amide bonds. The van der Waals surface area contributed by atoms with Gasteiger partial charge in [0.15, 0.2) is 0 Å². The Morgan fingerprint density at radius 2 is 1.96 bits per heavy atom. The maximum Gasteiger partial charge on any atom is 0.255 e. The number of hydrogen-bond donors (Lipinski definition) is 0. The second-order valence-corrected chi connectivity index (χ2v) is 7.16. The number of pyridine rings is 1. The summed E-state index contributed by atoms with van der Waals surface area (Å²) in [5.74, 6) is 0.0989. The van der Waals surface area contributed by atoms with Crippen molar-refractivity contribution in [2.75, 3.05) is 20.2 Å². The fraction of sp³-hybridized carbons (Fsp3) is 0.429. The number of likely N-dealkylation sites (tertiary alicyclic amines) is 1. The van der Waals surface area contributed by atoms with Crippen LogP contribution in [0.2, 0.25) is 0 Å². The Morgan fingerprint density at radius 3 is 2.68 bits per heavy atom. The number of carbonyl (C=O) groups is 1. The molecule has 25 heavy (non-hydrogen) atoms. The molecular weight excluding hydrogens is 312 g/mol. The van der Waals surface area contributed by atoms with E-state index in [0.717, 1.165) is 38.8 Å². The number of amides is 1. The lowest BCUT2D eigenvalue weighted by atomic mass is 9.64. The molecular formula is C21H24N2O2. The van der Waals surface area contributed by atoms with Crippen LogP contribution >= 0.6 is 0 Å². The van der Waals surface area contributed by atoms with Crippen molar-refractivity contribution >= 4 is 5.91 Å². The summed E-state index contributed by atoms with van der Waals surface area (Å²) < 4.78 is 5.70. The Balaban J connectivity index is 1.54. The molecule has 130 valence electrons. The maximum absolute atomic E-state index is 12.7. The molecule has 1 saturated heterocycles. The Kier molecular flexibility index (Phi) is 4.30. The Hall–Kier alpha value is -2.20. The highest BCUT2D eigenvalue weighted by molar-refractivity contribution is 5.93. The van der Waals surface area contributed by atoms with Gasteiger partial charge in [-0.3, -0.25) is 9.78 Å². The van der Waals surface area contributed by atoms with Gasteiger partial charge in [0, 0.05) is 32.6 Å². The SMILES string of the molecule is COC1CCC2(CCN(C(=O)c3cccnc3)CC2)c2ccccc21. The van der Waals surface area contributed by atoms with Gasteiger partial charge in [-0.15, -0.1) is 0 Å². The van der Waals surface area contributed by atoms with Crippen molar-refractivity contribution in [1.82, 2.24) is 9.88 Å². The summed E-state index contributed by atoms with van der Waals surface area (Å²) in [5, 5.41) is 0. The van der Waals surface area contributed by atoms with Crippen LogP contribution in [0.15, 0.2) is 48.8 Å². The quantitative estimate of drug-likeness (QED) is 0.839. The van der Waals surface area contributed by atoms with Gasteiger partial charge < -0.3 is 9.64 Å². The number of piperidine rings is 1. The van der Waals surface area contributed by atoms with Crippen molar-refractivity contribution in [3.63, 3.8) is 0 Å². The second-order valence-electron chi connectivity index (χ2n) is 7.16. The summed E-state index contributed by atoms with van der Waals surface area (Å²) in [7, 11) is 1.80. The first kappa shape index (κ1) is 16.3. The second kappa shape index (κ2) is 6.60. The van der Waals surface area contributed by atoms with Gasteiger partial charge in [-0.2, -0.15) is 0 Å². The van der Waals surface area contributed by atoms with Crippen LogP contribution in [0.25, 0.3) is 0 Å². The molecule has 0 radical (unpaired) electrons. The summed E-state index contributed by atoms with van der Waals surface area (Å²) in [6.07, 6.45) is 7.80. The van der Waals surface area contributed by atoms with Crippen molar-refractivity contribution in [3.05, 3.63) is 65.5 Å². The third kappa shape index (κ3) is 2.85. The van der Waals surface area contributed by atoms with Crippen molar-refractivity contribution in [2.45, 2.75) is 37.2 Å². The van der Waals surface area contributed by atoms with E-state index in [4.69, 9.17) is 4.74 Å². The number of aromatic nitrogens is 1. The van der Waals surface area contributed by atoms with Crippen molar-refractivity contribution < 1.29 is 9.53 Å². The molecule has 1 spiro atoms. The van der Waals surface area contributed by atoms with E-state index in [-0.39, 0.29) is 17.4 Å². The van der Waals surface area contributed by atoms with E-state index in [9.17, 15) is 4.79 Å². The van der Waals surface area contributed by atoms with Crippen LogP contribution in [0, 0.1) is 0 Å².